The van der Waals surface area contributed by atoms with Crippen LogP contribution in [0.5, 0.6) is 0 Å². The first-order chi connectivity index (χ1) is 25.5. The molecule has 0 aliphatic carbocycles. The summed E-state index contributed by atoms with van der Waals surface area (Å²) in [6, 6.07) is 27.7. The normalized spacial score (nSPS) is 19.9. The number of aromatic amines is 1. The molecule has 0 saturated carbocycles. The number of fused-ring (bicyclic) bond motifs is 1. The van der Waals surface area contributed by atoms with Crippen LogP contribution in [0.25, 0.3) is 21.3 Å². The van der Waals surface area contributed by atoms with Gasteiger partial charge >= 0.3 is 11.9 Å². The van der Waals surface area contributed by atoms with E-state index in [-0.39, 0.29) is 19.3 Å². The molecule has 0 bridgehead atoms. The van der Waals surface area contributed by atoms with Crippen LogP contribution >= 0.6 is 0 Å². The van der Waals surface area contributed by atoms with Crippen molar-refractivity contribution in [3.63, 3.8) is 0 Å². The maximum absolute atomic E-state index is 13.7. The van der Waals surface area contributed by atoms with E-state index in [1.54, 1.807) is 0 Å². The number of azide groups is 1. The van der Waals surface area contributed by atoms with Crippen LogP contribution in [0.15, 0.2) is 96.2 Å². The van der Waals surface area contributed by atoms with Crippen LogP contribution in [-0.2, 0) is 47.8 Å². The molecule has 1 aliphatic rings. The molecule has 4 aromatic rings. The van der Waals surface area contributed by atoms with E-state index in [4.69, 9.17) is 24.5 Å². The number of nitrogens with one attached hydrogen (secondary N) is 1. The molecule has 11 nitrogen and oxygen atoms in total. The molecule has 0 unspecified atom stereocenters. The molecule has 276 valence electrons. The van der Waals surface area contributed by atoms with Gasteiger partial charge in [0.1, 0.15) is 12.2 Å². The van der Waals surface area contributed by atoms with Gasteiger partial charge in [-0.25, -0.2) is 0 Å². The van der Waals surface area contributed by atoms with E-state index in [1.165, 1.54) is 0 Å². The number of rotatable bonds is 21. The number of carbonyl (C=O) groups excluding carboxylic acids is 2. The number of para-hydroxylation sites is 1. The Morgan fingerprint density at radius 1 is 0.865 bits per heavy atom. The van der Waals surface area contributed by atoms with E-state index in [1.807, 2.05) is 85.1 Å². The smallest absolute Gasteiger partial charge is 0.306 e. The van der Waals surface area contributed by atoms with Gasteiger partial charge in [-0.05, 0) is 73.2 Å². The topological polar surface area (TPSA) is 156 Å². The highest BCUT2D eigenvalue weighted by atomic mass is 16.7. The van der Waals surface area contributed by atoms with Gasteiger partial charge in [0.15, 0.2) is 11.9 Å². The fourth-order valence-corrected chi connectivity index (χ4v) is 6.80. The van der Waals surface area contributed by atoms with Crippen molar-refractivity contribution in [2.75, 3.05) is 19.8 Å². The van der Waals surface area contributed by atoms with Gasteiger partial charge in [-0.1, -0.05) is 96.8 Å². The molecule has 3 aromatic carbocycles. The quantitative estimate of drug-likeness (QED) is 0.0292. The molecule has 52 heavy (non-hydrogen) atoms. The Kier molecular flexibility index (Phi) is 15.1. The van der Waals surface area contributed by atoms with Crippen LogP contribution in [-0.4, -0.2) is 65.9 Å². The van der Waals surface area contributed by atoms with Crippen LogP contribution in [0, 0.1) is 0 Å². The number of aliphatic hydroxyl groups is 1. The van der Waals surface area contributed by atoms with Crippen molar-refractivity contribution < 1.29 is 33.6 Å². The first-order valence-corrected chi connectivity index (χ1v) is 18.4. The Bertz CT molecular complexity index is 1730. The van der Waals surface area contributed by atoms with Crippen molar-refractivity contribution in [3.05, 3.63) is 118 Å². The molecule has 4 atom stereocenters. The minimum absolute atomic E-state index is 0.110. The van der Waals surface area contributed by atoms with E-state index < -0.39 is 42.6 Å². The van der Waals surface area contributed by atoms with Crippen molar-refractivity contribution in [1.29, 1.82) is 0 Å². The number of carbonyl (C=O) groups is 2. The highest BCUT2D eigenvalue weighted by Crippen LogP contribution is 2.40. The fraction of sp³-hybridized carbons (Fsp3) is 0.463. The van der Waals surface area contributed by atoms with Gasteiger partial charge in [-0.3, -0.25) is 9.59 Å². The van der Waals surface area contributed by atoms with E-state index in [2.05, 4.69) is 21.1 Å². The lowest BCUT2D eigenvalue weighted by molar-refractivity contribution is -0.314. The summed E-state index contributed by atoms with van der Waals surface area (Å²) >= 11 is 0. The fourth-order valence-electron chi connectivity index (χ4n) is 6.80. The molecule has 1 fully saturated rings. The number of ether oxygens (including phenoxy) is 4. The number of nitrogens with zero attached hydrogens (tertiary/aromatic N) is 3. The van der Waals surface area contributed by atoms with E-state index in [9.17, 15) is 14.7 Å². The Labute approximate surface area is 305 Å². The summed E-state index contributed by atoms with van der Waals surface area (Å²) in [6.45, 7) is 0.371. The van der Waals surface area contributed by atoms with Gasteiger partial charge in [0, 0.05) is 54.4 Å². The number of aromatic nitrogens is 1. The minimum Gasteiger partial charge on any atom is -0.459 e. The third-order valence-corrected chi connectivity index (χ3v) is 9.60. The van der Waals surface area contributed by atoms with Gasteiger partial charge in [0.25, 0.3) is 0 Å². The lowest BCUT2D eigenvalue weighted by atomic mass is 9.84. The number of hydrogen-bond donors (Lipinski definition) is 2. The zero-order valence-corrected chi connectivity index (χ0v) is 29.7. The SMILES string of the molecule is [N-]=[N+]=NCCCCCCO[C@@H]1O[C@H](CO)[C@@H](OC(=O)CCCc2ccccc2)C[C@@]1(CCc1c[nH]c2ccccc12)OC(=O)CCc1ccccc1. The summed E-state index contributed by atoms with van der Waals surface area (Å²) in [6.07, 6.45) is 5.59. The maximum Gasteiger partial charge on any atom is 0.306 e. The Morgan fingerprint density at radius 3 is 2.33 bits per heavy atom. The average Bonchev–Trinajstić information content (AvgIpc) is 3.59. The molecule has 5 rings (SSSR count). The third kappa shape index (κ3) is 11.4. The highest BCUT2D eigenvalue weighted by Gasteiger charge is 2.53. The zero-order valence-electron chi connectivity index (χ0n) is 29.7. The molecular formula is C41H50N4O7. The van der Waals surface area contributed by atoms with E-state index in [0.717, 1.165) is 53.3 Å². The molecule has 0 radical (unpaired) electrons. The van der Waals surface area contributed by atoms with Crippen LogP contribution in [0.3, 0.4) is 0 Å². The summed E-state index contributed by atoms with van der Waals surface area (Å²) < 4.78 is 25.3. The molecule has 2 N–H and O–H groups in total. The third-order valence-electron chi connectivity index (χ3n) is 9.60. The maximum atomic E-state index is 13.7. The Balaban J connectivity index is 1.35. The minimum atomic E-state index is -1.31. The lowest BCUT2D eigenvalue weighted by Crippen LogP contribution is -2.60. The van der Waals surface area contributed by atoms with Crippen LogP contribution in [0.4, 0.5) is 0 Å². The number of benzene rings is 3. The van der Waals surface area contributed by atoms with Gasteiger partial charge < -0.3 is 29.0 Å². The number of H-pyrrole nitrogens is 1. The standard InChI is InChI=1S/C41H50N4O7/c42-45-44-26-11-1-2-12-27-49-40-41(52-39(48)23-22-32-16-7-4-8-17-32,25-24-33-29-43-35-20-10-9-19-34(33)35)28-36(37(30-46)51-40)50-38(47)21-13-18-31-14-5-3-6-15-31/h3-10,14-17,19-20,29,36-37,40,43,46H,1-2,11-13,18,21-28,30H2/t36-,37+,40+,41+/m0/s1. The van der Waals surface area contributed by atoms with Gasteiger partial charge in [0.2, 0.25) is 0 Å². The molecule has 1 aromatic heterocycles. The number of aryl methyl sites for hydroxylation is 3. The summed E-state index contributed by atoms with van der Waals surface area (Å²) in [5.74, 6) is -0.808. The predicted octanol–water partition coefficient (Wildman–Crippen LogP) is 7.94. The number of aliphatic hydroxyl groups excluding tert-OH is 1. The van der Waals surface area contributed by atoms with Crippen LogP contribution in [0.1, 0.15) is 74.5 Å². The van der Waals surface area contributed by atoms with Gasteiger partial charge in [-0.2, -0.15) is 0 Å². The van der Waals surface area contributed by atoms with Crippen molar-refractivity contribution in [2.45, 2.75) is 101 Å². The summed E-state index contributed by atoms with van der Waals surface area (Å²) in [5.41, 5.74) is 11.4. The molecule has 11 heteroatoms. The number of hydrogen-bond acceptors (Lipinski definition) is 8. The molecular weight excluding hydrogens is 660 g/mol. The monoisotopic (exact) mass is 710 g/mol. The van der Waals surface area contributed by atoms with Crippen LogP contribution < -0.4 is 0 Å². The number of unbranched alkanes of at least 4 members (excludes halogenated alkanes) is 3. The van der Waals surface area contributed by atoms with Crippen molar-refractivity contribution >= 4 is 22.8 Å². The van der Waals surface area contributed by atoms with Crippen LogP contribution in [0.2, 0.25) is 0 Å². The largest absolute Gasteiger partial charge is 0.459 e. The molecule has 1 saturated heterocycles. The van der Waals surface area contributed by atoms with Crippen molar-refractivity contribution in [3.8, 4) is 0 Å². The van der Waals surface area contributed by atoms with E-state index in [0.29, 0.717) is 45.3 Å². The van der Waals surface area contributed by atoms with Gasteiger partial charge in [0.05, 0.1) is 6.61 Å². The summed E-state index contributed by atoms with van der Waals surface area (Å²) in [7, 11) is 0. The summed E-state index contributed by atoms with van der Waals surface area (Å²) in [4.78, 5) is 33.1. The lowest BCUT2D eigenvalue weighted by Gasteiger charge is -2.47. The average molecular weight is 711 g/mol. The second-order valence-corrected chi connectivity index (χ2v) is 13.4. The summed E-state index contributed by atoms with van der Waals surface area (Å²) in [5, 5.41) is 15.1. The Hall–Kier alpha value is -4.67. The van der Waals surface area contributed by atoms with Crippen molar-refractivity contribution in [2.24, 2.45) is 5.11 Å². The number of esters is 2. The molecule has 1 aliphatic heterocycles. The zero-order chi connectivity index (χ0) is 36.4. The molecule has 2 heterocycles. The first-order valence-electron chi connectivity index (χ1n) is 18.4. The predicted molar refractivity (Wildman–Crippen MR) is 198 cm³/mol. The second kappa shape index (κ2) is 20.4. The second-order valence-electron chi connectivity index (χ2n) is 13.4. The molecule has 0 amide bonds. The Morgan fingerprint density at radius 2 is 1.58 bits per heavy atom. The van der Waals surface area contributed by atoms with Gasteiger partial charge in [-0.15, -0.1) is 0 Å². The molecule has 0 spiro atoms. The highest BCUT2D eigenvalue weighted by molar-refractivity contribution is 5.83. The van der Waals surface area contributed by atoms with E-state index >= 15 is 0 Å². The van der Waals surface area contributed by atoms with Crippen molar-refractivity contribution in [1.82, 2.24) is 4.98 Å². The first kappa shape index (κ1) is 38.6.